The first-order valence-electron chi connectivity index (χ1n) is 4.34. The van der Waals surface area contributed by atoms with Gasteiger partial charge in [-0.05, 0) is 12.5 Å². The molecule has 0 aliphatic rings. The molecule has 0 spiro atoms. The second-order valence-corrected chi connectivity index (χ2v) is 2.97. The molecule has 1 rings (SSSR count). The minimum absolute atomic E-state index is 0.292. The van der Waals surface area contributed by atoms with Gasteiger partial charge in [0.15, 0.2) is 0 Å². The fraction of sp³-hybridized carbons (Fsp3) is 0.400. The van der Waals surface area contributed by atoms with E-state index in [0.717, 1.165) is 11.1 Å². The van der Waals surface area contributed by atoms with Crippen molar-refractivity contribution in [1.82, 2.24) is 0 Å². The van der Waals surface area contributed by atoms with E-state index < -0.39 is 13.0 Å². The van der Waals surface area contributed by atoms with Crippen molar-refractivity contribution >= 4 is 0 Å². The average Bonchev–Trinajstić information content (AvgIpc) is 2.15. The van der Waals surface area contributed by atoms with Crippen molar-refractivity contribution < 1.29 is 13.5 Å². The summed E-state index contributed by atoms with van der Waals surface area (Å²) in [5.41, 5.74) is 7.04. The van der Waals surface area contributed by atoms with Crippen LogP contribution in [0.25, 0.3) is 0 Å². The van der Waals surface area contributed by atoms with Gasteiger partial charge in [-0.2, -0.15) is 0 Å². The molecule has 0 bridgehead atoms. The minimum atomic E-state index is -2.46. The SMILES string of the molecule is Cc1cccc(CN)c1OCC(F)F. The number of hydrogen-bond donors (Lipinski definition) is 1. The number of benzene rings is 1. The van der Waals surface area contributed by atoms with Gasteiger partial charge in [0.2, 0.25) is 0 Å². The molecule has 0 amide bonds. The normalized spacial score (nSPS) is 10.6. The van der Waals surface area contributed by atoms with Crippen LogP contribution in [0.1, 0.15) is 11.1 Å². The third-order valence-electron chi connectivity index (χ3n) is 1.87. The third kappa shape index (κ3) is 2.67. The lowest BCUT2D eigenvalue weighted by Gasteiger charge is -2.12. The molecule has 0 unspecified atom stereocenters. The van der Waals surface area contributed by atoms with Gasteiger partial charge >= 0.3 is 0 Å². The summed E-state index contributed by atoms with van der Waals surface area (Å²) in [5.74, 6) is 0.482. The van der Waals surface area contributed by atoms with Gasteiger partial charge in [-0.1, -0.05) is 18.2 Å². The van der Waals surface area contributed by atoms with Gasteiger partial charge in [0.05, 0.1) is 0 Å². The van der Waals surface area contributed by atoms with E-state index in [1.807, 2.05) is 6.07 Å². The van der Waals surface area contributed by atoms with E-state index >= 15 is 0 Å². The van der Waals surface area contributed by atoms with E-state index in [1.54, 1.807) is 19.1 Å². The van der Waals surface area contributed by atoms with E-state index in [-0.39, 0.29) is 0 Å². The first-order valence-corrected chi connectivity index (χ1v) is 4.34. The predicted molar refractivity (Wildman–Crippen MR) is 50.6 cm³/mol. The Bertz CT molecular complexity index is 302. The molecule has 0 aliphatic heterocycles. The zero-order valence-electron chi connectivity index (χ0n) is 7.97. The van der Waals surface area contributed by atoms with E-state index in [4.69, 9.17) is 10.5 Å². The first-order chi connectivity index (χ1) is 6.65. The smallest absolute Gasteiger partial charge is 0.272 e. The van der Waals surface area contributed by atoms with Crippen LogP contribution >= 0.6 is 0 Å². The molecule has 1 aromatic rings. The molecular weight excluding hydrogens is 188 g/mol. The van der Waals surface area contributed by atoms with Crippen LogP contribution in [0.4, 0.5) is 8.78 Å². The Kier molecular flexibility index (Phi) is 3.83. The van der Waals surface area contributed by atoms with Crippen LogP contribution in [0, 0.1) is 6.92 Å². The number of hydrogen-bond acceptors (Lipinski definition) is 2. The van der Waals surface area contributed by atoms with Crippen molar-refractivity contribution in [3.05, 3.63) is 29.3 Å². The van der Waals surface area contributed by atoms with Crippen LogP contribution in [0.2, 0.25) is 0 Å². The quantitative estimate of drug-likeness (QED) is 0.809. The minimum Gasteiger partial charge on any atom is -0.487 e. The summed E-state index contributed by atoms with van der Waals surface area (Å²) in [6.45, 7) is 1.51. The maximum Gasteiger partial charge on any atom is 0.272 e. The number of ether oxygens (including phenoxy) is 1. The van der Waals surface area contributed by atoms with Crippen LogP contribution in [-0.4, -0.2) is 13.0 Å². The van der Waals surface area contributed by atoms with E-state index in [9.17, 15) is 8.78 Å². The van der Waals surface area contributed by atoms with Crippen molar-refractivity contribution in [2.45, 2.75) is 19.9 Å². The Morgan fingerprint density at radius 1 is 1.43 bits per heavy atom. The zero-order chi connectivity index (χ0) is 10.6. The molecule has 78 valence electrons. The monoisotopic (exact) mass is 201 g/mol. The van der Waals surface area contributed by atoms with Gasteiger partial charge < -0.3 is 10.5 Å². The van der Waals surface area contributed by atoms with Crippen molar-refractivity contribution in [3.63, 3.8) is 0 Å². The molecule has 14 heavy (non-hydrogen) atoms. The van der Waals surface area contributed by atoms with Crippen molar-refractivity contribution in [3.8, 4) is 5.75 Å². The Morgan fingerprint density at radius 3 is 2.71 bits per heavy atom. The fourth-order valence-electron chi connectivity index (χ4n) is 1.23. The molecule has 0 fully saturated rings. The topological polar surface area (TPSA) is 35.2 Å². The summed E-state index contributed by atoms with van der Waals surface area (Å²) in [7, 11) is 0. The largest absolute Gasteiger partial charge is 0.487 e. The number of para-hydroxylation sites is 1. The Hall–Kier alpha value is -1.16. The molecule has 0 heterocycles. The lowest BCUT2D eigenvalue weighted by molar-refractivity contribution is 0.0811. The highest BCUT2D eigenvalue weighted by molar-refractivity contribution is 5.40. The molecular formula is C10H13F2NO. The van der Waals surface area contributed by atoms with Crippen LogP contribution in [-0.2, 0) is 6.54 Å². The average molecular weight is 201 g/mol. The second-order valence-electron chi connectivity index (χ2n) is 2.97. The standard InChI is InChI=1S/C10H13F2NO/c1-7-3-2-4-8(5-13)10(7)14-6-9(11)12/h2-4,9H,5-6,13H2,1H3. The molecule has 0 aromatic heterocycles. The summed E-state index contributed by atoms with van der Waals surface area (Å²) < 4.78 is 28.9. The first kappa shape index (κ1) is 10.9. The fourth-order valence-corrected chi connectivity index (χ4v) is 1.23. The molecule has 1 aromatic carbocycles. The molecule has 0 aliphatic carbocycles. The van der Waals surface area contributed by atoms with E-state index in [2.05, 4.69) is 0 Å². The number of aryl methyl sites for hydroxylation is 1. The van der Waals surface area contributed by atoms with Gasteiger partial charge in [0.1, 0.15) is 12.4 Å². The molecule has 2 N–H and O–H groups in total. The van der Waals surface area contributed by atoms with Gasteiger partial charge in [-0.15, -0.1) is 0 Å². The maximum absolute atomic E-state index is 11.9. The highest BCUT2D eigenvalue weighted by atomic mass is 19.3. The Balaban J connectivity index is 2.82. The highest BCUT2D eigenvalue weighted by Gasteiger charge is 2.08. The van der Waals surface area contributed by atoms with Gasteiger partial charge in [-0.3, -0.25) is 0 Å². The third-order valence-corrected chi connectivity index (χ3v) is 1.87. The second kappa shape index (κ2) is 4.91. The number of halogens is 2. The van der Waals surface area contributed by atoms with Gasteiger partial charge in [0.25, 0.3) is 6.43 Å². The maximum atomic E-state index is 11.9. The molecule has 0 saturated carbocycles. The van der Waals surface area contributed by atoms with Gasteiger partial charge in [0, 0.05) is 12.1 Å². The zero-order valence-corrected chi connectivity index (χ0v) is 7.97. The van der Waals surface area contributed by atoms with E-state index in [0.29, 0.717) is 12.3 Å². The van der Waals surface area contributed by atoms with Crippen LogP contribution in [0.3, 0.4) is 0 Å². The summed E-state index contributed by atoms with van der Waals surface area (Å²) in [6, 6.07) is 5.40. The van der Waals surface area contributed by atoms with Crippen LogP contribution < -0.4 is 10.5 Å². The Labute approximate surface area is 81.7 Å². The van der Waals surface area contributed by atoms with Crippen molar-refractivity contribution in [1.29, 1.82) is 0 Å². The number of alkyl halides is 2. The number of rotatable bonds is 4. The summed E-state index contributed by atoms with van der Waals surface area (Å²) in [6.07, 6.45) is -2.46. The number of nitrogens with two attached hydrogens (primary N) is 1. The van der Waals surface area contributed by atoms with Crippen molar-refractivity contribution in [2.75, 3.05) is 6.61 Å². The molecule has 4 heteroatoms. The Morgan fingerprint density at radius 2 is 2.14 bits per heavy atom. The van der Waals surface area contributed by atoms with Crippen LogP contribution in [0.5, 0.6) is 5.75 Å². The lowest BCUT2D eigenvalue weighted by atomic mass is 10.1. The van der Waals surface area contributed by atoms with Crippen molar-refractivity contribution in [2.24, 2.45) is 5.73 Å². The highest BCUT2D eigenvalue weighted by Crippen LogP contribution is 2.23. The van der Waals surface area contributed by atoms with Crippen LogP contribution in [0.15, 0.2) is 18.2 Å². The van der Waals surface area contributed by atoms with E-state index in [1.165, 1.54) is 0 Å². The molecule has 0 saturated heterocycles. The summed E-state index contributed by atoms with van der Waals surface area (Å²) >= 11 is 0. The van der Waals surface area contributed by atoms with Gasteiger partial charge in [-0.25, -0.2) is 8.78 Å². The molecule has 0 radical (unpaired) electrons. The molecule has 2 nitrogen and oxygen atoms in total. The lowest BCUT2D eigenvalue weighted by Crippen LogP contribution is -2.10. The summed E-state index contributed by atoms with van der Waals surface area (Å²) in [5, 5.41) is 0. The predicted octanol–water partition coefficient (Wildman–Crippen LogP) is 2.10. The molecule has 0 atom stereocenters. The summed E-state index contributed by atoms with van der Waals surface area (Å²) in [4.78, 5) is 0.